The molecule has 0 fully saturated rings. The standard InChI is InChI=1S/C13H11ClN2.Mn.H2O.3O/c1-10(11-6-8-15-9-7-11)16-13-4-2-12(14)3-5-13;;;;;/h2-9H,1H3;;1H2;;;/q;+1;;;;-1/p-1. The summed E-state index contributed by atoms with van der Waals surface area (Å²) in [5.74, 6) is 0. The van der Waals surface area contributed by atoms with Gasteiger partial charge in [0, 0.05) is 17.2 Å². The van der Waals surface area contributed by atoms with E-state index in [0.717, 1.165) is 22.0 Å². The summed E-state index contributed by atoms with van der Waals surface area (Å²) in [7, 11) is 0. The summed E-state index contributed by atoms with van der Waals surface area (Å²) >= 11 is 0.433. The van der Waals surface area contributed by atoms with Gasteiger partial charge in [-0.25, -0.2) is 4.99 Å². The molecule has 2 aromatic rings. The number of halogens is 1. The molecule has 0 aliphatic heterocycles. The van der Waals surface area contributed by atoms with E-state index in [4.69, 9.17) is 27.6 Å². The molecule has 1 aromatic heterocycles. The van der Waals surface area contributed by atoms with E-state index < -0.39 is 13.4 Å². The summed E-state index contributed by atoms with van der Waals surface area (Å²) in [5, 5.41) is 0.723. The van der Waals surface area contributed by atoms with E-state index in [0.29, 0.717) is 0 Å². The second-order valence-corrected chi connectivity index (χ2v) is 5.48. The molecule has 1 N–H and O–H groups in total. The van der Waals surface area contributed by atoms with Crippen molar-refractivity contribution in [2.24, 2.45) is 4.99 Å². The van der Waals surface area contributed by atoms with E-state index in [9.17, 15) is 0 Å². The predicted molar refractivity (Wildman–Crippen MR) is 71.1 cm³/mol. The van der Waals surface area contributed by atoms with Gasteiger partial charge in [0.25, 0.3) is 0 Å². The number of aliphatic imine (C=N–C) groups is 1. The summed E-state index contributed by atoms with van der Waals surface area (Å²) in [6.45, 7) is 1.98. The van der Waals surface area contributed by atoms with Crippen LogP contribution < -0.4 is 9.17 Å². The zero-order valence-electron chi connectivity index (χ0n) is 10.9. The van der Waals surface area contributed by atoms with Crippen molar-refractivity contribution in [2.45, 2.75) is 6.92 Å². The maximum absolute atomic E-state index is 8.69. The fraction of sp³-hybridized carbons (Fsp3) is 0.0769. The Kier molecular flexibility index (Phi) is 6.61. The molecule has 0 aliphatic rings. The van der Waals surface area contributed by atoms with Crippen LogP contribution in [0.1, 0.15) is 12.5 Å². The molecular weight excluding hydrogens is 339 g/mol. The second-order valence-electron chi connectivity index (χ2n) is 3.81. The van der Waals surface area contributed by atoms with Gasteiger partial charge in [0.05, 0.1) is 11.3 Å². The second kappa shape index (κ2) is 7.97. The topological polar surface area (TPSA) is 104 Å². The first-order chi connectivity index (χ1) is 9.75. The number of rotatable bonds is 2. The van der Waals surface area contributed by atoms with Crippen molar-refractivity contribution in [3.05, 3.63) is 59.4 Å². The molecule has 1 aromatic carbocycles. The Morgan fingerprint density at radius 1 is 1.33 bits per heavy atom. The van der Waals surface area contributed by atoms with Crippen LogP contribution in [0.15, 0.2) is 53.8 Å². The van der Waals surface area contributed by atoms with E-state index in [2.05, 4.69) is 9.98 Å². The quantitative estimate of drug-likeness (QED) is 0.504. The van der Waals surface area contributed by atoms with E-state index in [1.807, 2.05) is 43.3 Å². The number of hydrogen-bond acceptors (Lipinski definition) is 4. The fourth-order valence-electron chi connectivity index (χ4n) is 1.37. The summed E-state index contributed by atoms with van der Waals surface area (Å²) in [5.41, 5.74) is 2.94. The molecular formula is C13H12ClMnN2O4-. The van der Waals surface area contributed by atoms with Gasteiger partial charge in [-0.15, -0.1) is 0 Å². The van der Waals surface area contributed by atoms with Gasteiger partial charge in [-0.2, -0.15) is 0 Å². The van der Waals surface area contributed by atoms with Gasteiger partial charge in [-0.1, -0.05) is 24.0 Å². The van der Waals surface area contributed by atoms with Crippen LogP contribution in [-0.4, -0.2) is 9.90 Å². The van der Waals surface area contributed by atoms with Crippen LogP contribution in [0, 0.1) is 0 Å². The molecule has 0 amide bonds. The van der Waals surface area contributed by atoms with Crippen LogP contribution in [0.5, 0.6) is 0 Å². The van der Waals surface area contributed by atoms with E-state index >= 15 is 0 Å². The molecule has 1 heterocycles. The number of aromatic nitrogens is 1. The molecule has 2 rings (SSSR count). The van der Waals surface area contributed by atoms with Gasteiger partial charge in [-0.05, 0) is 31.2 Å². The molecule has 0 saturated carbocycles. The van der Waals surface area contributed by atoms with Gasteiger partial charge < -0.3 is 4.98 Å². The number of hydrogen-bond donors (Lipinski definition) is 1. The predicted octanol–water partition coefficient (Wildman–Crippen LogP) is 1.73. The third kappa shape index (κ3) is 8.29. The third-order valence-electron chi connectivity index (χ3n) is 2.22. The normalized spacial score (nSPS) is 11.5. The fourth-order valence-corrected chi connectivity index (χ4v) is 1.49. The third-order valence-corrected chi connectivity index (χ3v) is 2.47. The molecule has 0 saturated heterocycles. The molecule has 0 aliphatic carbocycles. The van der Waals surface area contributed by atoms with Crippen LogP contribution in [0.2, 0.25) is 5.02 Å². The van der Waals surface area contributed by atoms with Gasteiger partial charge in [0.2, 0.25) is 0 Å². The first kappa shape index (κ1) is 17.4. The summed E-state index contributed by atoms with van der Waals surface area (Å²) in [6.07, 6.45) is 3.52. The van der Waals surface area contributed by atoms with Crippen LogP contribution in [0.25, 0.3) is 0 Å². The van der Waals surface area contributed by atoms with Gasteiger partial charge in [0.1, 0.15) is 5.71 Å². The van der Waals surface area contributed by atoms with Crippen molar-refractivity contribution in [3.63, 3.8) is 0 Å². The summed E-state index contributed by atoms with van der Waals surface area (Å²) in [4.78, 5) is 8.47. The average molecular weight is 351 g/mol. The first-order valence-corrected chi connectivity index (χ1v) is 7.95. The average Bonchev–Trinajstić information content (AvgIpc) is 2.40. The molecule has 0 spiro atoms. The van der Waals surface area contributed by atoms with Crippen LogP contribution in [0.4, 0.5) is 5.69 Å². The Labute approximate surface area is 129 Å². The van der Waals surface area contributed by atoms with Crippen LogP contribution in [0.3, 0.4) is 0 Å². The maximum atomic E-state index is 8.69. The minimum atomic E-state index is -5.38. The van der Waals surface area contributed by atoms with Crippen molar-refractivity contribution in [1.29, 1.82) is 0 Å². The van der Waals surface area contributed by atoms with Gasteiger partial charge in [0.15, 0.2) is 0 Å². The van der Waals surface area contributed by atoms with Crippen molar-refractivity contribution < 1.29 is 29.4 Å². The van der Waals surface area contributed by atoms with E-state index in [-0.39, 0.29) is 0 Å². The Balaban J connectivity index is 0.000000383. The zero-order valence-corrected chi connectivity index (χ0v) is 12.9. The monoisotopic (exact) mass is 350 g/mol. The molecule has 0 atom stereocenters. The van der Waals surface area contributed by atoms with E-state index in [1.165, 1.54) is 0 Å². The minimum absolute atomic E-state index is 0.723. The number of pyridine rings is 1. The Morgan fingerprint density at radius 3 is 2.38 bits per heavy atom. The molecule has 0 bridgehead atoms. The van der Waals surface area contributed by atoms with E-state index in [1.54, 1.807) is 12.4 Å². The molecule has 6 nitrogen and oxygen atoms in total. The van der Waals surface area contributed by atoms with Gasteiger partial charge >= 0.3 is 29.4 Å². The molecule has 21 heavy (non-hydrogen) atoms. The summed E-state index contributed by atoms with van der Waals surface area (Å²) in [6, 6.07) is 11.3. The number of nitrogens with zero attached hydrogens (tertiary/aromatic N) is 2. The Morgan fingerprint density at radius 2 is 1.90 bits per heavy atom. The zero-order chi connectivity index (χ0) is 15.9. The number of benzene rings is 1. The van der Waals surface area contributed by atoms with Crippen LogP contribution in [-0.2, 0) is 21.0 Å². The van der Waals surface area contributed by atoms with Gasteiger partial charge in [-0.3, -0.25) is 0 Å². The van der Waals surface area contributed by atoms with Crippen molar-refractivity contribution in [3.8, 4) is 0 Å². The first-order valence-electron chi connectivity index (χ1n) is 5.60. The SMILES string of the molecule is CC(=Nc1ccc(Cl)cc1)c1cc[n-][cH+]c1.[O]=[Mn](=[O])([O-])[OH]. The molecule has 0 unspecified atom stereocenters. The Bertz CT molecular complexity index is 693. The van der Waals surface area contributed by atoms with Crippen molar-refractivity contribution >= 4 is 23.0 Å². The Hall–Kier alpha value is -1.63. The van der Waals surface area contributed by atoms with Crippen LogP contribution >= 0.6 is 11.6 Å². The molecule has 113 valence electrons. The molecule has 8 heteroatoms. The summed E-state index contributed by atoms with van der Waals surface area (Å²) < 4.78 is 33.1. The van der Waals surface area contributed by atoms with Crippen molar-refractivity contribution in [1.82, 2.24) is 4.98 Å². The molecule has 0 radical (unpaired) electrons. The van der Waals surface area contributed by atoms with Crippen molar-refractivity contribution in [2.75, 3.05) is 0 Å².